The van der Waals surface area contributed by atoms with Gasteiger partial charge in [0.05, 0.1) is 0 Å². The van der Waals surface area contributed by atoms with Gasteiger partial charge in [0.2, 0.25) is 0 Å². The predicted molar refractivity (Wildman–Crippen MR) is 64.3 cm³/mol. The monoisotopic (exact) mass is 204 g/mol. The Morgan fingerprint density at radius 3 is 2.27 bits per heavy atom. The summed E-state index contributed by atoms with van der Waals surface area (Å²) >= 11 is 0. The molecule has 1 nitrogen and oxygen atoms in total. The van der Waals surface area contributed by atoms with Crippen LogP contribution in [0.15, 0.2) is 18.2 Å². The first-order valence-corrected chi connectivity index (χ1v) is 5.68. The van der Waals surface area contributed by atoms with Crippen LogP contribution in [0.25, 0.3) is 0 Å². The summed E-state index contributed by atoms with van der Waals surface area (Å²) < 4.78 is 0. The summed E-state index contributed by atoms with van der Waals surface area (Å²) in [6, 6.07) is 6.03. The number of carbonyl (C=O) groups excluding carboxylic acids is 1. The van der Waals surface area contributed by atoms with Crippen LogP contribution in [0.5, 0.6) is 0 Å². The van der Waals surface area contributed by atoms with E-state index in [1.807, 2.05) is 39.0 Å². The van der Waals surface area contributed by atoms with Crippen molar-refractivity contribution in [3.63, 3.8) is 0 Å². The number of hydrogen-bond donors (Lipinski definition) is 0. The summed E-state index contributed by atoms with van der Waals surface area (Å²) in [4.78, 5) is 12.2. The van der Waals surface area contributed by atoms with Crippen LogP contribution in [0.1, 0.15) is 48.2 Å². The van der Waals surface area contributed by atoms with Gasteiger partial charge in [0.15, 0.2) is 5.78 Å². The molecular formula is C14H20O. The number of ketones is 1. The van der Waals surface area contributed by atoms with Crippen LogP contribution in [0.4, 0.5) is 0 Å². The van der Waals surface area contributed by atoms with Crippen LogP contribution < -0.4 is 0 Å². The molecule has 15 heavy (non-hydrogen) atoms. The molecule has 0 saturated heterocycles. The highest BCUT2D eigenvalue weighted by Gasteiger charge is 2.17. The molecule has 0 fully saturated rings. The van der Waals surface area contributed by atoms with Crippen molar-refractivity contribution in [2.75, 3.05) is 0 Å². The van der Waals surface area contributed by atoms with Gasteiger partial charge in [0.1, 0.15) is 0 Å². The van der Waals surface area contributed by atoms with Crippen molar-refractivity contribution in [1.82, 2.24) is 0 Å². The van der Waals surface area contributed by atoms with E-state index in [0.717, 1.165) is 29.5 Å². The van der Waals surface area contributed by atoms with E-state index < -0.39 is 0 Å². The molecule has 1 heteroatoms. The van der Waals surface area contributed by atoms with Crippen LogP contribution in [0.2, 0.25) is 0 Å². The van der Waals surface area contributed by atoms with Crippen molar-refractivity contribution in [3.8, 4) is 0 Å². The minimum Gasteiger partial charge on any atom is -0.294 e. The average Bonchev–Trinajstić information content (AvgIpc) is 2.17. The molecule has 0 saturated carbocycles. The topological polar surface area (TPSA) is 17.1 Å². The van der Waals surface area contributed by atoms with Crippen molar-refractivity contribution >= 4 is 5.78 Å². The lowest BCUT2D eigenvalue weighted by atomic mass is 9.90. The smallest absolute Gasteiger partial charge is 0.166 e. The highest BCUT2D eigenvalue weighted by molar-refractivity contribution is 6.00. The van der Waals surface area contributed by atoms with Crippen LogP contribution >= 0.6 is 0 Å². The van der Waals surface area contributed by atoms with E-state index >= 15 is 0 Å². The summed E-state index contributed by atoms with van der Waals surface area (Å²) in [5, 5.41) is 0. The first-order valence-electron chi connectivity index (χ1n) is 5.68. The number of rotatable bonds is 4. The van der Waals surface area contributed by atoms with Gasteiger partial charge in [-0.05, 0) is 31.4 Å². The standard InChI is InChI=1S/C14H20O/c1-5-7-12(4)14(15)13-10(2)8-6-9-11(13)3/h6,8-9,12H,5,7H2,1-4H3. The number of hydrogen-bond acceptors (Lipinski definition) is 1. The maximum atomic E-state index is 12.2. The van der Waals surface area contributed by atoms with Gasteiger partial charge in [-0.25, -0.2) is 0 Å². The molecule has 82 valence electrons. The second-order valence-corrected chi connectivity index (χ2v) is 4.32. The maximum Gasteiger partial charge on any atom is 0.166 e. The van der Waals surface area contributed by atoms with E-state index in [1.54, 1.807) is 0 Å². The van der Waals surface area contributed by atoms with Crippen molar-refractivity contribution in [2.24, 2.45) is 5.92 Å². The Labute approximate surface area is 92.5 Å². The number of aryl methyl sites for hydroxylation is 2. The molecule has 0 aliphatic heterocycles. The van der Waals surface area contributed by atoms with Gasteiger partial charge in [-0.3, -0.25) is 4.79 Å². The summed E-state index contributed by atoms with van der Waals surface area (Å²) in [7, 11) is 0. The van der Waals surface area contributed by atoms with Crippen LogP contribution in [0, 0.1) is 19.8 Å². The second-order valence-electron chi connectivity index (χ2n) is 4.32. The molecule has 0 aliphatic rings. The zero-order chi connectivity index (χ0) is 11.4. The van der Waals surface area contributed by atoms with E-state index in [1.165, 1.54) is 0 Å². The maximum absolute atomic E-state index is 12.2. The molecule has 0 aromatic heterocycles. The van der Waals surface area contributed by atoms with Gasteiger partial charge in [0, 0.05) is 11.5 Å². The summed E-state index contributed by atoms with van der Waals surface area (Å²) in [6.45, 7) is 8.17. The first kappa shape index (κ1) is 12.0. The fourth-order valence-electron chi connectivity index (χ4n) is 2.01. The van der Waals surface area contributed by atoms with Gasteiger partial charge >= 0.3 is 0 Å². The van der Waals surface area contributed by atoms with Crippen LogP contribution in [-0.4, -0.2) is 5.78 Å². The average molecular weight is 204 g/mol. The quantitative estimate of drug-likeness (QED) is 0.679. The van der Waals surface area contributed by atoms with E-state index in [4.69, 9.17) is 0 Å². The van der Waals surface area contributed by atoms with Crippen molar-refractivity contribution in [1.29, 1.82) is 0 Å². The molecule has 0 N–H and O–H groups in total. The SMILES string of the molecule is CCCC(C)C(=O)c1c(C)cccc1C. The van der Waals surface area contributed by atoms with E-state index in [-0.39, 0.29) is 5.92 Å². The lowest BCUT2D eigenvalue weighted by Gasteiger charge is -2.13. The molecule has 0 amide bonds. The number of benzene rings is 1. The lowest BCUT2D eigenvalue weighted by molar-refractivity contribution is 0.0922. The molecule has 0 spiro atoms. The Kier molecular flexibility index (Phi) is 4.07. The van der Waals surface area contributed by atoms with Gasteiger partial charge in [-0.15, -0.1) is 0 Å². The molecule has 1 aromatic carbocycles. The molecule has 1 atom stereocenters. The van der Waals surface area contributed by atoms with Crippen molar-refractivity contribution < 1.29 is 4.79 Å². The fraction of sp³-hybridized carbons (Fsp3) is 0.500. The van der Waals surface area contributed by atoms with E-state index in [9.17, 15) is 4.79 Å². The summed E-state index contributed by atoms with van der Waals surface area (Å²) in [5.41, 5.74) is 3.13. The Balaban J connectivity index is 3.00. The Bertz CT molecular complexity index is 332. The highest BCUT2D eigenvalue weighted by Crippen LogP contribution is 2.20. The second kappa shape index (κ2) is 5.11. The molecule has 0 bridgehead atoms. The highest BCUT2D eigenvalue weighted by atomic mass is 16.1. The third kappa shape index (κ3) is 2.68. The van der Waals surface area contributed by atoms with Crippen LogP contribution in [0.3, 0.4) is 0 Å². The minimum absolute atomic E-state index is 0.148. The van der Waals surface area contributed by atoms with Gasteiger partial charge < -0.3 is 0 Å². The van der Waals surface area contributed by atoms with Gasteiger partial charge in [0.25, 0.3) is 0 Å². The first-order chi connectivity index (χ1) is 7.07. The number of Topliss-reactive ketones (excluding diaryl/α,β-unsaturated/α-hetero) is 1. The van der Waals surface area contributed by atoms with Gasteiger partial charge in [-0.2, -0.15) is 0 Å². The molecule has 1 unspecified atom stereocenters. The van der Waals surface area contributed by atoms with Crippen molar-refractivity contribution in [2.45, 2.75) is 40.5 Å². The normalized spacial score (nSPS) is 12.5. The molecule has 0 heterocycles. The fourth-order valence-corrected chi connectivity index (χ4v) is 2.01. The minimum atomic E-state index is 0.148. The summed E-state index contributed by atoms with van der Waals surface area (Å²) in [5.74, 6) is 0.447. The van der Waals surface area contributed by atoms with Gasteiger partial charge in [-0.1, -0.05) is 38.5 Å². The third-order valence-electron chi connectivity index (χ3n) is 2.90. The van der Waals surface area contributed by atoms with E-state index in [2.05, 4.69) is 6.92 Å². The largest absolute Gasteiger partial charge is 0.294 e. The molecular weight excluding hydrogens is 184 g/mol. The molecule has 1 rings (SSSR count). The summed E-state index contributed by atoms with van der Waals surface area (Å²) in [6.07, 6.45) is 2.05. The molecule has 1 aromatic rings. The molecule has 0 aliphatic carbocycles. The Hall–Kier alpha value is -1.11. The van der Waals surface area contributed by atoms with Crippen molar-refractivity contribution in [3.05, 3.63) is 34.9 Å². The molecule has 0 radical (unpaired) electrons. The third-order valence-corrected chi connectivity index (χ3v) is 2.90. The van der Waals surface area contributed by atoms with Crippen LogP contribution in [-0.2, 0) is 0 Å². The Morgan fingerprint density at radius 1 is 1.27 bits per heavy atom. The zero-order valence-electron chi connectivity index (χ0n) is 10.1. The zero-order valence-corrected chi connectivity index (χ0v) is 10.1. The number of carbonyl (C=O) groups is 1. The Morgan fingerprint density at radius 2 is 1.80 bits per heavy atom. The van der Waals surface area contributed by atoms with E-state index in [0.29, 0.717) is 5.78 Å². The lowest BCUT2D eigenvalue weighted by Crippen LogP contribution is -2.14. The predicted octanol–water partition coefficient (Wildman–Crippen LogP) is 3.92.